The number of nitrogens with two attached hydrogens (primary N) is 1. The summed E-state index contributed by atoms with van der Waals surface area (Å²) in [5.41, 5.74) is 7.20. The predicted octanol–water partition coefficient (Wildman–Crippen LogP) is 3.28. The van der Waals surface area contributed by atoms with Gasteiger partial charge in [-0.3, -0.25) is 0 Å². The van der Waals surface area contributed by atoms with Gasteiger partial charge in [0.25, 0.3) is 0 Å². The Morgan fingerprint density at radius 1 is 1.44 bits per heavy atom. The molecule has 0 atom stereocenters. The second-order valence-electron chi connectivity index (χ2n) is 5.48. The molecule has 0 amide bonds. The minimum absolute atomic E-state index is 0.131. The van der Waals surface area contributed by atoms with Crippen molar-refractivity contribution in [1.29, 1.82) is 0 Å². The third kappa shape index (κ3) is 2.90. The lowest BCUT2D eigenvalue weighted by Crippen LogP contribution is -2.45. The summed E-state index contributed by atoms with van der Waals surface area (Å²) in [4.78, 5) is 0. The third-order valence-electron chi connectivity index (χ3n) is 3.95. The maximum atomic E-state index is 9.71. The lowest BCUT2D eigenvalue weighted by molar-refractivity contribution is 0.155. The van der Waals surface area contributed by atoms with Gasteiger partial charge in [-0.2, -0.15) is 0 Å². The van der Waals surface area contributed by atoms with E-state index in [0.717, 1.165) is 37.3 Å². The topological polar surface area (TPSA) is 58.3 Å². The normalized spacial score (nSPS) is 28.1. The van der Waals surface area contributed by atoms with Crippen LogP contribution in [0.1, 0.15) is 32.6 Å². The Morgan fingerprint density at radius 2 is 2.11 bits per heavy atom. The molecular formula is C14H21ClN2O. The van der Waals surface area contributed by atoms with Crippen LogP contribution in [0.25, 0.3) is 0 Å². The van der Waals surface area contributed by atoms with Crippen molar-refractivity contribution in [2.75, 3.05) is 17.7 Å². The van der Waals surface area contributed by atoms with E-state index in [1.165, 1.54) is 0 Å². The first kappa shape index (κ1) is 13.5. The van der Waals surface area contributed by atoms with Crippen molar-refractivity contribution in [3.05, 3.63) is 23.2 Å². The first-order valence-electron chi connectivity index (χ1n) is 6.49. The number of nitrogen functional groups attached to an aromatic ring is 1. The molecule has 0 spiro atoms. The summed E-state index contributed by atoms with van der Waals surface area (Å²) < 4.78 is 0. The Kier molecular flexibility index (Phi) is 4.03. The molecule has 0 unspecified atom stereocenters. The predicted molar refractivity (Wildman–Crippen MR) is 76.9 cm³/mol. The van der Waals surface area contributed by atoms with Gasteiger partial charge >= 0.3 is 0 Å². The molecule has 0 aromatic heterocycles. The molecule has 1 aromatic rings. The van der Waals surface area contributed by atoms with Gasteiger partial charge in [0.2, 0.25) is 0 Å². The number of aliphatic hydroxyl groups excluding tert-OH is 1. The summed E-state index contributed by atoms with van der Waals surface area (Å²) in [6, 6.07) is 5.39. The zero-order chi connectivity index (χ0) is 13.2. The summed E-state index contributed by atoms with van der Waals surface area (Å²) in [7, 11) is 0. The van der Waals surface area contributed by atoms with Gasteiger partial charge in [-0.25, -0.2) is 0 Å². The average molecular weight is 269 g/mol. The third-order valence-corrected chi connectivity index (χ3v) is 4.18. The number of benzene rings is 1. The van der Waals surface area contributed by atoms with Crippen LogP contribution in [-0.4, -0.2) is 17.3 Å². The van der Waals surface area contributed by atoms with Crippen LogP contribution < -0.4 is 11.1 Å². The SMILES string of the molecule is CC1CCC(CO)(Nc2cc(Cl)ccc2N)CC1. The lowest BCUT2D eigenvalue weighted by Gasteiger charge is -2.39. The molecule has 18 heavy (non-hydrogen) atoms. The molecule has 1 saturated carbocycles. The second kappa shape index (κ2) is 5.37. The first-order chi connectivity index (χ1) is 8.54. The van der Waals surface area contributed by atoms with Crippen LogP contribution in [-0.2, 0) is 0 Å². The molecular weight excluding hydrogens is 248 g/mol. The minimum atomic E-state index is -0.245. The monoisotopic (exact) mass is 268 g/mol. The van der Waals surface area contributed by atoms with Gasteiger partial charge in [-0.15, -0.1) is 0 Å². The maximum absolute atomic E-state index is 9.71. The molecule has 2 rings (SSSR count). The summed E-state index contributed by atoms with van der Waals surface area (Å²) >= 11 is 5.99. The van der Waals surface area contributed by atoms with E-state index >= 15 is 0 Å². The van der Waals surface area contributed by atoms with Gasteiger partial charge in [0.15, 0.2) is 0 Å². The fraction of sp³-hybridized carbons (Fsp3) is 0.571. The highest BCUT2D eigenvalue weighted by atomic mass is 35.5. The Balaban J connectivity index is 2.17. The van der Waals surface area contributed by atoms with Crippen LogP contribution >= 0.6 is 11.6 Å². The maximum Gasteiger partial charge on any atom is 0.0661 e. The van der Waals surface area contributed by atoms with Crippen molar-refractivity contribution < 1.29 is 5.11 Å². The summed E-state index contributed by atoms with van der Waals surface area (Å²) in [6.07, 6.45) is 4.20. The Morgan fingerprint density at radius 3 is 2.72 bits per heavy atom. The van der Waals surface area contributed by atoms with Crippen molar-refractivity contribution in [3.8, 4) is 0 Å². The summed E-state index contributed by atoms with van der Waals surface area (Å²) in [6.45, 7) is 2.39. The molecule has 0 radical (unpaired) electrons. The van der Waals surface area contributed by atoms with Crippen LogP contribution in [0, 0.1) is 5.92 Å². The van der Waals surface area contributed by atoms with Crippen LogP contribution in [0.5, 0.6) is 0 Å². The largest absolute Gasteiger partial charge is 0.397 e. The molecule has 0 bridgehead atoms. The van der Waals surface area contributed by atoms with Crippen molar-refractivity contribution in [3.63, 3.8) is 0 Å². The van der Waals surface area contributed by atoms with Gasteiger partial charge in [0, 0.05) is 5.02 Å². The number of nitrogens with one attached hydrogen (secondary N) is 1. The zero-order valence-electron chi connectivity index (χ0n) is 10.7. The second-order valence-corrected chi connectivity index (χ2v) is 5.91. The Labute approximate surface area is 113 Å². The zero-order valence-corrected chi connectivity index (χ0v) is 11.5. The van der Waals surface area contributed by atoms with Crippen molar-refractivity contribution in [2.45, 2.75) is 38.1 Å². The van der Waals surface area contributed by atoms with Gasteiger partial charge in [-0.1, -0.05) is 18.5 Å². The molecule has 1 aromatic carbocycles. The van der Waals surface area contributed by atoms with Crippen LogP contribution in [0.2, 0.25) is 5.02 Å². The van der Waals surface area contributed by atoms with E-state index in [0.29, 0.717) is 10.7 Å². The van der Waals surface area contributed by atoms with E-state index in [1.54, 1.807) is 12.1 Å². The van der Waals surface area contributed by atoms with Gasteiger partial charge in [-0.05, 0) is 49.8 Å². The molecule has 1 aliphatic carbocycles. The number of aliphatic hydroxyl groups is 1. The molecule has 3 nitrogen and oxygen atoms in total. The quantitative estimate of drug-likeness (QED) is 0.738. The fourth-order valence-corrected chi connectivity index (χ4v) is 2.73. The van der Waals surface area contributed by atoms with Gasteiger partial charge < -0.3 is 16.2 Å². The van der Waals surface area contributed by atoms with Crippen molar-refractivity contribution >= 4 is 23.0 Å². The average Bonchev–Trinajstić information content (AvgIpc) is 2.37. The van der Waals surface area contributed by atoms with E-state index in [-0.39, 0.29) is 12.1 Å². The molecule has 0 heterocycles. The van der Waals surface area contributed by atoms with Gasteiger partial charge in [0.1, 0.15) is 0 Å². The van der Waals surface area contributed by atoms with E-state index in [1.807, 2.05) is 6.07 Å². The van der Waals surface area contributed by atoms with E-state index in [9.17, 15) is 5.11 Å². The first-order valence-corrected chi connectivity index (χ1v) is 6.86. The number of hydrogen-bond acceptors (Lipinski definition) is 3. The van der Waals surface area contributed by atoms with Crippen LogP contribution in [0.4, 0.5) is 11.4 Å². The van der Waals surface area contributed by atoms with Gasteiger partial charge in [0.05, 0.1) is 23.5 Å². The van der Waals surface area contributed by atoms with Crippen molar-refractivity contribution in [1.82, 2.24) is 0 Å². The number of halogens is 1. The molecule has 4 heteroatoms. The molecule has 100 valence electrons. The molecule has 1 fully saturated rings. The van der Waals surface area contributed by atoms with Crippen LogP contribution in [0.3, 0.4) is 0 Å². The molecule has 4 N–H and O–H groups in total. The highest BCUT2D eigenvalue weighted by Crippen LogP contribution is 2.36. The van der Waals surface area contributed by atoms with Crippen molar-refractivity contribution in [2.24, 2.45) is 5.92 Å². The Bertz CT molecular complexity index is 414. The van der Waals surface area contributed by atoms with E-state index in [4.69, 9.17) is 17.3 Å². The minimum Gasteiger partial charge on any atom is -0.397 e. The highest BCUT2D eigenvalue weighted by Gasteiger charge is 2.33. The molecule has 1 aliphatic rings. The number of rotatable bonds is 3. The van der Waals surface area contributed by atoms with Crippen LogP contribution in [0.15, 0.2) is 18.2 Å². The molecule has 0 aliphatic heterocycles. The highest BCUT2D eigenvalue weighted by molar-refractivity contribution is 6.31. The van der Waals surface area contributed by atoms with E-state index < -0.39 is 0 Å². The standard InChI is InChI=1S/C14H21ClN2O/c1-10-4-6-14(9-18,7-5-10)17-13-8-11(15)2-3-12(13)16/h2-3,8,10,17-18H,4-7,9,16H2,1H3. The fourth-order valence-electron chi connectivity index (χ4n) is 2.56. The molecule has 0 saturated heterocycles. The number of anilines is 2. The summed E-state index contributed by atoms with van der Waals surface area (Å²) in [5, 5.41) is 13.8. The van der Waals surface area contributed by atoms with E-state index in [2.05, 4.69) is 12.2 Å². The lowest BCUT2D eigenvalue weighted by atomic mass is 9.77. The number of hydrogen-bond donors (Lipinski definition) is 3. The Hall–Kier alpha value is -0.930. The summed E-state index contributed by atoms with van der Waals surface area (Å²) in [5.74, 6) is 0.739. The smallest absolute Gasteiger partial charge is 0.0661 e.